The van der Waals surface area contributed by atoms with Gasteiger partial charge in [0, 0.05) is 19.0 Å². The number of carbonyl (C=O) groups is 2. The van der Waals surface area contributed by atoms with Gasteiger partial charge in [-0.15, -0.1) is 0 Å². The van der Waals surface area contributed by atoms with Crippen molar-refractivity contribution in [2.75, 3.05) is 19.0 Å². The third-order valence-corrected chi connectivity index (χ3v) is 3.41. The second-order valence-corrected chi connectivity index (χ2v) is 4.74. The molecule has 0 radical (unpaired) electrons. The van der Waals surface area contributed by atoms with Crippen LogP contribution in [0.3, 0.4) is 0 Å². The summed E-state index contributed by atoms with van der Waals surface area (Å²) in [4.78, 5) is 26.7. The Balaban J connectivity index is 1.85. The summed E-state index contributed by atoms with van der Waals surface area (Å²) in [5.41, 5.74) is 0. The predicted octanol–water partition coefficient (Wildman–Crippen LogP) is 0.620. The fraction of sp³-hybridized carbons (Fsp3) is 0.500. The van der Waals surface area contributed by atoms with Crippen molar-refractivity contribution in [2.24, 2.45) is 0 Å². The van der Waals surface area contributed by atoms with Crippen LogP contribution in [0.4, 0.5) is 5.13 Å². The number of carbonyl (C=O) groups excluding carboxylic acids is 2. The summed E-state index contributed by atoms with van der Waals surface area (Å²) in [7, 11) is 1.34. The highest BCUT2D eigenvalue weighted by Crippen LogP contribution is 2.19. The first-order valence-electron chi connectivity index (χ1n) is 5.26. The highest BCUT2D eigenvalue weighted by atomic mass is 32.1. The minimum Gasteiger partial charge on any atom is -0.465 e. The number of hydrogen-bond acceptors (Lipinski definition) is 6. The van der Waals surface area contributed by atoms with Crippen LogP contribution in [0.15, 0.2) is 6.20 Å². The molecule has 1 aliphatic rings. The first-order chi connectivity index (χ1) is 8.19. The summed E-state index contributed by atoms with van der Waals surface area (Å²) < 4.78 is 4.59. The van der Waals surface area contributed by atoms with Gasteiger partial charge < -0.3 is 15.4 Å². The van der Waals surface area contributed by atoms with Crippen molar-refractivity contribution in [3.8, 4) is 0 Å². The summed E-state index contributed by atoms with van der Waals surface area (Å²) in [6.07, 6.45) is 2.89. The number of anilines is 1. The number of methoxy groups -OCH3 is 1. The standard InChI is InChI=1S/C10H13N3O3S/c1-16-9(15)7-5-12-10(17-7)11-4-6-2-3-8(14)13-6/h5-6H,2-4H2,1H3,(H,11,12)(H,13,14). The van der Waals surface area contributed by atoms with Crippen LogP contribution in [0, 0.1) is 0 Å². The Bertz CT molecular complexity index is 432. The number of rotatable bonds is 4. The Morgan fingerprint density at radius 1 is 1.76 bits per heavy atom. The molecule has 17 heavy (non-hydrogen) atoms. The maximum Gasteiger partial charge on any atom is 0.349 e. The van der Waals surface area contributed by atoms with Gasteiger partial charge in [-0.3, -0.25) is 4.79 Å². The van der Waals surface area contributed by atoms with Crippen LogP contribution in [-0.4, -0.2) is 36.6 Å². The number of aromatic nitrogens is 1. The molecule has 1 saturated heterocycles. The zero-order chi connectivity index (χ0) is 12.3. The SMILES string of the molecule is COC(=O)c1cnc(NCC2CCC(=O)N2)s1. The van der Waals surface area contributed by atoms with Crippen LogP contribution < -0.4 is 10.6 Å². The van der Waals surface area contributed by atoms with Gasteiger partial charge in [0.25, 0.3) is 0 Å². The average molecular weight is 255 g/mol. The van der Waals surface area contributed by atoms with Gasteiger partial charge in [-0.05, 0) is 6.42 Å². The van der Waals surface area contributed by atoms with Crippen molar-refractivity contribution in [1.29, 1.82) is 0 Å². The minimum absolute atomic E-state index is 0.0891. The van der Waals surface area contributed by atoms with Crippen LogP contribution in [0.1, 0.15) is 22.5 Å². The molecule has 2 N–H and O–H groups in total. The molecule has 0 bridgehead atoms. The number of thiazole rings is 1. The maximum absolute atomic E-state index is 11.2. The van der Waals surface area contributed by atoms with Crippen molar-refractivity contribution in [3.05, 3.63) is 11.1 Å². The quantitative estimate of drug-likeness (QED) is 0.771. The Hall–Kier alpha value is -1.63. The third kappa shape index (κ3) is 2.94. The average Bonchev–Trinajstić information content (AvgIpc) is 2.94. The zero-order valence-electron chi connectivity index (χ0n) is 9.36. The highest BCUT2D eigenvalue weighted by molar-refractivity contribution is 7.17. The molecule has 1 aliphatic heterocycles. The Labute approximate surface area is 102 Å². The zero-order valence-corrected chi connectivity index (χ0v) is 10.2. The van der Waals surface area contributed by atoms with E-state index in [4.69, 9.17) is 0 Å². The van der Waals surface area contributed by atoms with E-state index in [-0.39, 0.29) is 17.9 Å². The molecule has 0 aliphatic carbocycles. The second kappa shape index (κ2) is 5.13. The molecule has 2 rings (SSSR count). The van der Waals surface area contributed by atoms with Crippen molar-refractivity contribution in [2.45, 2.75) is 18.9 Å². The van der Waals surface area contributed by atoms with E-state index in [2.05, 4.69) is 20.4 Å². The number of nitrogens with one attached hydrogen (secondary N) is 2. The van der Waals surface area contributed by atoms with E-state index < -0.39 is 0 Å². The normalized spacial score (nSPS) is 18.9. The number of amides is 1. The van der Waals surface area contributed by atoms with E-state index in [1.807, 2.05) is 0 Å². The van der Waals surface area contributed by atoms with Crippen LogP contribution >= 0.6 is 11.3 Å². The highest BCUT2D eigenvalue weighted by Gasteiger charge is 2.20. The van der Waals surface area contributed by atoms with Crippen molar-refractivity contribution < 1.29 is 14.3 Å². The molecule has 7 heteroatoms. The van der Waals surface area contributed by atoms with E-state index in [0.29, 0.717) is 23.0 Å². The van der Waals surface area contributed by atoms with E-state index in [1.165, 1.54) is 24.6 Å². The molecular formula is C10H13N3O3S. The number of hydrogen-bond donors (Lipinski definition) is 2. The first-order valence-corrected chi connectivity index (χ1v) is 6.08. The van der Waals surface area contributed by atoms with Crippen LogP contribution in [0.5, 0.6) is 0 Å². The van der Waals surface area contributed by atoms with Gasteiger partial charge in [0.05, 0.1) is 13.3 Å². The third-order valence-electron chi connectivity index (χ3n) is 2.48. The van der Waals surface area contributed by atoms with E-state index in [1.54, 1.807) is 0 Å². The van der Waals surface area contributed by atoms with E-state index in [0.717, 1.165) is 6.42 Å². The molecular weight excluding hydrogens is 242 g/mol. The summed E-state index contributed by atoms with van der Waals surface area (Å²) in [5.74, 6) is -0.295. The Kier molecular flexibility index (Phi) is 3.58. The summed E-state index contributed by atoms with van der Waals surface area (Å²) in [6.45, 7) is 0.625. The summed E-state index contributed by atoms with van der Waals surface area (Å²) in [6, 6.07) is 0.146. The second-order valence-electron chi connectivity index (χ2n) is 3.71. The van der Waals surface area contributed by atoms with Crippen molar-refractivity contribution >= 4 is 28.3 Å². The Morgan fingerprint density at radius 2 is 2.59 bits per heavy atom. The first kappa shape index (κ1) is 11.8. The lowest BCUT2D eigenvalue weighted by Gasteiger charge is -2.09. The largest absolute Gasteiger partial charge is 0.465 e. The van der Waals surface area contributed by atoms with Gasteiger partial charge in [-0.1, -0.05) is 11.3 Å². The molecule has 0 spiro atoms. The monoisotopic (exact) mass is 255 g/mol. The summed E-state index contributed by atoms with van der Waals surface area (Å²) in [5, 5.41) is 6.60. The molecule has 1 aromatic rings. The molecule has 1 atom stereocenters. The molecule has 1 fully saturated rings. The Morgan fingerprint density at radius 3 is 3.24 bits per heavy atom. The predicted molar refractivity (Wildman–Crippen MR) is 63.1 cm³/mol. The fourth-order valence-electron chi connectivity index (χ4n) is 1.59. The lowest BCUT2D eigenvalue weighted by molar-refractivity contribution is -0.119. The molecule has 92 valence electrons. The lowest BCUT2D eigenvalue weighted by atomic mass is 10.2. The number of ether oxygens (including phenoxy) is 1. The van der Waals surface area contributed by atoms with Crippen LogP contribution in [-0.2, 0) is 9.53 Å². The fourth-order valence-corrected chi connectivity index (χ4v) is 2.33. The lowest BCUT2D eigenvalue weighted by Crippen LogP contribution is -2.31. The van der Waals surface area contributed by atoms with Crippen molar-refractivity contribution in [1.82, 2.24) is 10.3 Å². The number of esters is 1. The van der Waals surface area contributed by atoms with E-state index >= 15 is 0 Å². The number of nitrogens with zero attached hydrogens (tertiary/aromatic N) is 1. The molecule has 6 nitrogen and oxygen atoms in total. The molecule has 1 unspecified atom stereocenters. The minimum atomic E-state index is -0.385. The van der Waals surface area contributed by atoms with Crippen molar-refractivity contribution in [3.63, 3.8) is 0 Å². The smallest absolute Gasteiger partial charge is 0.349 e. The molecule has 0 aromatic carbocycles. The van der Waals surface area contributed by atoms with E-state index in [9.17, 15) is 9.59 Å². The van der Waals surface area contributed by atoms with Gasteiger partial charge in [0.2, 0.25) is 5.91 Å². The molecule has 0 saturated carbocycles. The van der Waals surface area contributed by atoms with Gasteiger partial charge in [0.15, 0.2) is 5.13 Å². The van der Waals surface area contributed by atoms with Gasteiger partial charge >= 0.3 is 5.97 Å². The van der Waals surface area contributed by atoms with Gasteiger partial charge in [0.1, 0.15) is 4.88 Å². The molecule has 1 aromatic heterocycles. The maximum atomic E-state index is 11.2. The van der Waals surface area contributed by atoms with Crippen LogP contribution in [0.25, 0.3) is 0 Å². The van der Waals surface area contributed by atoms with Crippen LogP contribution in [0.2, 0.25) is 0 Å². The summed E-state index contributed by atoms with van der Waals surface area (Å²) >= 11 is 1.24. The topological polar surface area (TPSA) is 80.3 Å². The molecule has 2 heterocycles. The van der Waals surface area contributed by atoms with Gasteiger partial charge in [-0.2, -0.15) is 0 Å². The molecule has 1 amide bonds. The van der Waals surface area contributed by atoms with Gasteiger partial charge in [-0.25, -0.2) is 9.78 Å².